The maximum atomic E-state index is 12.2. The third-order valence-electron chi connectivity index (χ3n) is 4.41. The molecule has 0 spiro atoms. The summed E-state index contributed by atoms with van der Waals surface area (Å²) in [5, 5.41) is 13.5. The van der Waals surface area contributed by atoms with E-state index >= 15 is 0 Å². The number of carbonyl (C=O) groups excluding carboxylic acids is 1. The monoisotopic (exact) mass is 399 g/mol. The van der Waals surface area contributed by atoms with E-state index in [0.717, 1.165) is 16.3 Å². The summed E-state index contributed by atoms with van der Waals surface area (Å²) in [7, 11) is 1.83. The van der Waals surface area contributed by atoms with Gasteiger partial charge in [0, 0.05) is 38.0 Å². The first-order valence-corrected chi connectivity index (χ1v) is 8.73. The largest absolute Gasteiger partial charge is 0.492 e. The van der Waals surface area contributed by atoms with Crippen LogP contribution in [0.15, 0.2) is 18.3 Å². The van der Waals surface area contributed by atoms with Crippen molar-refractivity contribution in [2.45, 2.75) is 25.9 Å². The fourth-order valence-corrected chi connectivity index (χ4v) is 2.93. The Labute approximate surface area is 159 Å². The summed E-state index contributed by atoms with van der Waals surface area (Å²) >= 11 is 0. The van der Waals surface area contributed by atoms with Crippen molar-refractivity contribution in [3.8, 4) is 17.1 Å². The van der Waals surface area contributed by atoms with Gasteiger partial charge in [0.25, 0.3) is 0 Å². The van der Waals surface area contributed by atoms with Crippen LogP contribution in [0.2, 0.25) is 0 Å². The second-order valence-corrected chi connectivity index (χ2v) is 6.62. The van der Waals surface area contributed by atoms with E-state index in [0.29, 0.717) is 31.0 Å². The number of alkyl halides is 3. The second kappa shape index (κ2) is 8.13. The van der Waals surface area contributed by atoms with Crippen LogP contribution < -0.4 is 4.74 Å². The van der Waals surface area contributed by atoms with Crippen LogP contribution in [0.4, 0.5) is 13.2 Å². The molecule has 0 bridgehead atoms. The molecule has 0 atom stereocenters. The average Bonchev–Trinajstić information content (AvgIpc) is 2.99. The van der Waals surface area contributed by atoms with E-state index in [1.165, 1.54) is 0 Å². The molecule has 1 aliphatic rings. The van der Waals surface area contributed by atoms with Crippen LogP contribution in [0.5, 0.6) is 5.88 Å². The molecule has 2 aromatic heterocycles. The van der Waals surface area contributed by atoms with Crippen molar-refractivity contribution in [3.63, 3.8) is 0 Å². The van der Waals surface area contributed by atoms with Crippen LogP contribution in [0.25, 0.3) is 11.3 Å². The molecule has 2 aromatic rings. The molecule has 0 N–H and O–H groups in total. The zero-order chi connectivity index (χ0) is 20.3. The normalized spacial score (nSPS) is 16.2. The van der Waals surface area contributed by atoms with Gasteiger partial charge in [0.05, 0.1) is 18.0 Å². The molecule has 0 radical (unpaired) electrons. The van der Waals surface area contributed by atoms with Crippen molar-refractivity contribution in [2.24, 2.45) is 13.0 Å². The van der Waals surface area contributed by atoms with Crippen LogP contribution in [0.3, 0.4) is 0 Å². The third kappa shape index (κ3) is 4.97. The number of ether oxygens (including phenoxy) is 1. The molecular weight excluding hydrogens is 379 g/mol. The summed E-state index contributed by atoms with van der Waals surface area (Å²) in [6.45, 7) is 2.70. The summed E-state index contributed by atoms with van der Waals surface area (Å²) in [5.74, 6) is -1.69. The van der Waals surface area contributed by atoms with Gasteiger partial charge in [-0.15, -0.1) is 15.3 Å². The van der Waals surface area contributed by atoms with Gasteiger partial charge in [-0.05, 0) is 31.7 Å². The Balaban J connectivity index is 1.45. The first kappa shape index (κ1) is 20.1. The molecule has 0 aromatic carbocycles. The average molecular weight is 399 g/mol. The standard InChI is InChI=1S/C17H20F3N5O3/c1-11-13(9-24(2)23-11)14-3-4-15(22-21-14)27-10-12-5-7-25(8-6-12)28-16(26)17(18,19)20/h3-4,9,12H,5-8,10H2,1-2H3. The number of hydroxylamine groups is 2. The minimum Gasteiger partial charge on any atom is -0.476 e. The summed E-state index contributed by atoms with van der Waals surface area (Å²) in [6.07, 6.45) is -2.03. The Morgan fingerprint density at radius 2 is 1.96 bits per heavy atom. The van der Waals surface area contributed by atoms with Crippen molar-refractivity contribution in [2.75, 3.05) is 19.7 Å². The van der Waals surface area contributed by atoms with Crippen molar-refractivity contribution in [1.29, 1.82) is 0 Å². The molecule has 3 heterocycles. The van der Waals surface area contributed by atoms with Gasteiger partial charge >= 0.3 is 12.1 Å². The van der Waals surface area contributed by atoms with Crippen molar-refractivity contribution in [3.05, 3.63) is 24.0 Å². The van der Waals surface area contributed by atoms with Crippen LogP contribution in [-0.4, -0.2) is 56.9 Å². The molecule has 0 saturated carbocycles. The highest BCUT2D eigenvalue weighted by molar-refractivity contribution is 5.75. The molecule has 28 heavy (non-hydrogen) atoms. The predicted octanol–water partition coefficient (Wildman–Crippen LogP) is 2.30. The molecular formula is C17H20F3N5O3. The highest BCUT2D eigenvalue weighted by atomic mass is 19.4. The van der Waals surface area contributed by atoms with Gasteiger partial charge < -0.3 is 9.57 Å². The van der Waals surface area contributed by atoms with Gasteiger partial charge in [-0.1, -0.05) is 0 Å². The van der Waals surface area contributed by atoms with Gasteiger partial charge in [-0.3, -0.25) is 4.68 Å². The summed E-state index contributed by atoms with van der Waals surface area (Å²) in [4.78, 5) is 15.2. The van der Waals surface area contributed by atoms with E-state index in [1.807, 2.05) is 20.2 Å². The summed E-state index contributed by atoms with van der Waals surface area (Å²) < 4.78 is 44.0. The van der Waals surface area contributed by atoms with Crippen LogP contribution in [0.1, 0.15) is 18.5 Å². The van der Waals surface area contributed by atoms with Crippen molar-refractivity contribution >= 4 is 5.97 Å². The van der Waals surface area contributed by atoms with Crippen molar-refractivity contribution in [1.82, 2.24) is 25.0 Å². The van der Waals surface area contributed by atoms with Gasteiger partial charge in [0.15, 0.2) is 0 Å². The number of nitrogens with zero attached hydrogens (tertiary/aromatic N) is 5. The Hall–Kier alpha value is -2.69. The first-order valence-electron chi connectivity index (χ1n) is 8.73. The second-order valence-electron chi connectivity index (χ2n) is 6.62. The smallest absolute Gasteiger partial charge is 0.476 e. The van der Waals surface area contributed by atoms with E-state index in [9.17, 15) is 18.0 Å². The number of aryl methyl sites for hydroxylation is 2. The van der Waals surface area contributed by atoms with E-state index in [4.69, 9.17) is 4.74 Å². The van der Waals surface area contributed by atoms with E-state index in [-0.39, 0.29) is 19.0 Å². The fourth-order valence-electron chi connectivity index (χ4n) is 2.93. The van der Waals surface area contributed by atoms with Crippen LogP contribution >= 0.6 is 0 Å². The first-order chi connectivity index (χ1) is 13.2. The van der Waals surface area contributed by atoms with Gasteiger partial charge in [0.1, 0.15) is 0 Å². The van der Waals surface area contributed by atoms with Crippen LogP contribution in [0, 0.1) is 12.8 Å². The molecule has 152 valence electrons. The minimum absolute atomic E-state index is 0.128. The Morgan fingerprint density at radius 1 is 1.25 bits per heavy atom. The van der Waals surface area contributed by atoms with E-state index in [2.05, 4.69) is 20.1 Å². The van der Waals surface area contributed by atoms with Gasteiger partial charge in [0.2, 0.25) is 5.88 Å². The number of hydrogen-bond acceptors (Lipinski definition) is 7. The van der Waals surface area contributed by atoms with E-state index < -0.39 is 12.1 Å². The lowest BCUT2D eigenvalue weighted by Gasteiger charge is -2.30. The number of hydrogen-bond donors (Lipinski definition) is 0. The third-order valence-corrected chi connectivity index (χ3v) is 4.41. The highest BCUT2D eigenvalue weighted by Crippen LogP contribution is 2.23. The molecule has 1 saturated heterocycles. The van der Waals surface area contributed by atoms with E-state index in [1.54, 1.807) is 16.8 Å². The molecule has 0 amide bonds. The minimum atomic E-state index is -4.99. The number of rotatable bonds is 5. The lowest BCUT2D eigenvalue weighted by Crippen LogP contribution is -2.40. The highest BCUT2D eigenvalue weighted by Gasteiger charge is 2.43. The molecule has 0 unspecified atom stereocenters. The SMILES string of the molecule is Cc1nn(C)cc1-c1ccc(OCC2CCN(OC(=O)C(F)(F)F)CC2)nn1. The molecule has 0 aliphatic carbocycles. The Kier molecular flexibility index (Phi) is 5.82. The van der Waals surface area contributed by atoms with Gasteiger partial charge in [-0.2, -0.15) is 18.3 Å². The van der Waals surface area contributed by atoms with Crippen LogP contribution in [-0.2, 0) is 16.7 Å². The predicted molar refractivity (Wildman–Crippen MR) is 90.9 cm³/mol. The zero-order valence-electron chi connectivity index (χ0n) is 15.4. The topological polar surface area (TPSA) is 82.4 Å². The molecule has 1 aliphatic heterocycles. The summed E-state index contributed by atoms with van der Waals surface area (Å²) in [6, 6.07) is 3.51. The quantitative estimate of drug-likeness (QED) is 0.763. The molecule has 8 nitrogen and oxygen atoms in total. The number of carbonyl (C=O) groups is 1. The Bertz CT molecular complexity index is 814. The molecule has 1 fully saturated rings. The van der Waals surface area contributed by atoms with Crippen molar-refractivity contribution < 1.29 is 27.5 Å². The Morgan fingerprint density at radius 3 is 2.50 bits per heavy atom. The zero-order valence-corrected chi connectivity index (χ0v) is 15.4. The lowest BCUT2D eigenvalue weighted by atomic mass is 9.99. The number of piperidine rings is 1. The maximum absolute atomic E-state index is 12.2. The molecule has 3 rings (SSSR count). The summed E-state index contributed by atoms with van der Waals surface area (Å²) in [5.41, 5.74) is 2.43. The van der Waals surface area contributed by atoms with Gasteiger partial charge in [-0.25, -0.2) is 4.79 Å². The fraction of sp³-hybridized carbons (Fsp3) is 0.529. The lowest BCUT2D eigenvalue weighted by molar-refractivity contribution is -0.242. The number of halogens is 3. The number of aromatic nitrogens is 4. The molecule has 11 heteroatoms. The maximum Gasteiger partial charge on any atom is 0.492 e.